The molecule has 222 valence electrons. The Morgan fingerprint density at radius 1 is 0.636 bits per heavy atom. The van der Waals surface area contributed by atoms with Gasteiger partial charge in [0, 0.05) is 22.9 Å². The van der Waals surface area contributed by atoms with Gasteiger partial charge in [0.05, 0.1) is 22.1 Å². The number of hydrazine groups is 2. The Labute approximate surface area is 262 Å². The Kier molecular flexibility index (Phi) is 8.32. The fourth-order valence-corrected chi connectivity index (χ4v) is 5.80. The number of hydrogen-bond acceptors (Lipinski definition) is 6. The smallest absolute Gasteiger partial charge is 0.253 e. The lowest BCUT2D eigenvalue weighted by molar-refractivity contribution is -0.122. The first-order chi connectivity index (χ1) is 21.3. The molecule has 2 aromatic heterocycles. The zero-order valence-electron chi connectivity index (χ0n) is 23.4. The van der Waals surface area contributed by atoms with Crippen molar-refractivity contribution in [3.63, 3.8) is 0 Å². The SMILES string of the molecule is NNC(=O)Cn1c(Cc2cccc(Cl)c2)nc2cc(-c3ccc4c(c3)nc(Cc3cccc(Cl)c3)n4CC(=O)NN)ccc21. The van der Waals surface area contributed by atoms with Crippen LogP contribution in [-0.4, -0.2) is 30.9 Å². The Morgan fingerprint density at radius 2 is 1.07 bits per heavy atom. The maximum absolute atomic E-state index is 12.3. The second kappa shape index (κ2) is 12.5. The highest BCUT2D eigenvalue weighted by Crippen LogP contribution is 2.30. The number of nitrogens with one attached hydrogen (secondary N) is 2. The summed E-state index contributed by atoms with van der Waals surface area (Å²) in [5.41, 5.74) is 11.3. The number of imidazole rings is 2. The van der Waals surface area contributed by atoms with Crippen molar-refractivity contribution in [1.29, 1.82) is 0 Å². The Morgan fingerprint density at radius 3 is 1.45 bits per heavy atom. The summed E-state index contributed by atoms with van der Waals surface area (Å²) in [6.45, 7) is 0.0504. The maximum Gasteiger partial charge on any atom is 0.253 e. The molecule has 0 fully saturated rings. The molecule has 10 nitrogen and oxygen atoms in total. The van der Waals surface area contributed by atoms with E-state index in [0.717, 1.165) is 44.3 Å². The molecular formula is C32H28Cl2N8O2. The molecule has 0 saturated carbocycles. The molecule has 0 aliphatic heterocycles. The van der Waals surface area contributed by atoms with Gasteiger partial charge in [-0.25, -0.2) is 21.7 Å². The molecule has 4 aromatic carbocycles. The molecule has 12 heteroatoms. The van der Waals surface area contributed by atoms with Crippen LogP contribution in [0, 0.1) is 0 Å². The lowest BCUT2D eigenvalue weighted by atomic mass is 10.0. The molecule has 0 aliphatic carbocycles. The molecule has 0 radical (unpaired) electrons. The first kappa shape index (κ1) is 29.3. The van der Waals surface area contributed by atoms with Crippen molar-refractivity contribution in [1.82, 2.24) is 30.0 Å². The maximum atomic E-state index is 12.3. The molecule has 44 heavy (non-hydrogen) atoms. The van der Waals surface area contributed by atoms with Gasteiger partial charge in [-0.05, 0) is 70.8 Å². The van der Waals surface area contributed by atoms with Crippen LogP contribution in [0.5, 0.6) is 0 Å². The van der Waals surface area contributed by atoms with Crippen molar-refractivity contribution in [3.05, 3.63) is 118 Å². The van der Waals surface area contributed by atoms with E-state index in [0.29, 0.717) is 34.5 Å². The summed E-state index contributed by atoms with van der Waals surface area (Å²) in [6.07, 6.45) is 0.967. The highest BCUT2D eigenvalue weighted by molar-refractivity contribution is 6.30. The van der Waals surface area contributed by atoms with Gasteiger partial charge in [-0.1, -0.05) is 59.6 Å². The summed E-state index contributed by atoms with van der Waals surface area (Å²) < 4.78 is 3.72. The average Bonchev–Trinajstić information content (AvgIpc) is 3.52. The van der Waals surface area contributed by atoms with Crippen LogP contribution in [0.4, 0.5) is 0 Å². The molecule has 0 atom stereocenters. The Balaban J connectivity index is 1.39. The first-order valence-electron chi connectivity index (χ1n) is 13.8. The third-order valence-corrected chi connectivity index (χ3v) is 7.89. The predicted molar refractivity (Wildman–Crippen MR) is 172 cm³/mol. The van der Waals surface area contributed by atoms with Gasteiger partial charge in [0.2, 0.25) is 0 Å². The van der Waals surface area contributed by atoms with Crippen LogP contribution in [0.3, 0.4) is 0 Å². The lowest BCUT2D eigenvalue weighted by Crippen LogP contribution is -2.33. The topological polar surface area (TPSA) is 146 Å². The normalized spacial score (nSPS) is 11.3. The third-order valence-electron chi connectivity index (χ3n) is 7.42. The summed E-state index contributed by atoms with van der Waals surface area (Å²) in [5.74, 6) is 11.6. The van der Waals surface area contributed by atoms with Gasteiger partial charge < -0.3 is 9.13 Å². The summed E-state index contributed by atoms with van der Waals surface area (Å²) in [6, 6.07) is 26.9. The number of amides is 2. The van der Waals surface area contributed by atoms with E-state index < -0.39 is 0 Å². The van der Waals surface area contributed by atoms with Crippen molar-refractivity contribution < 1.29 is 9.59 Å². The van der Waals surface area contributed by atoms with Gasteiger partial charge in [-0.2, -0.15) is 0 Å². The van der Waals surface area contributed by atoms with Crippen LogP contribution in [0.15, 0.2) is 84.9 Å². The number of carbonyl (C=O) groups excluding carboxylic acids is 2. The van der Waals surface area contributed by atoms with Gasteiger partial charge >= 0.3 is 0 Å². The Bertz CT molecular complexity index is 1890. The summed E-state index contributed by atoms with van der Waals surface area (Å²) in [4.78, 5) is 34.4. The number of benzene rings is 4. The van der Waals surface area contributed by atoms with Crippen LogP contribution in [0.25, 0.3) is 33.2 Å². The van der Waals surface area contributed by atoms with E-state index >= 15 is 0 Å². The van der Waals surface area contributed by atoms with Crippen molar-refractivity contribution in [2.75, 3.05) is 0 Å². The van der Waals surface area contributed by atoms with Crippen LogP contribution in [-0.2, 0) is 35.5 Å². The fraction of sp³-hybridized carbons (Fsp3) is 0.125. The minimum Gasteiger partial charge on any atom is -0.318 e. The van der Waals surface area contributed by atoms with Gasteiger partial charge in [0.25, 0.3) is 11.8 Å². The van der Waals surface area contributed by atoms with Crippen LogP contribution < -0.4 is 22.5 Å². The van der Waals surface area contributed by atoms with Gasteiger partial charge in [-0.15, -0.1) is 0 Å². The van der Waals surface area contributed by atoms with E-state index in [9.17, 15) is 9.59 Å². The van der Waals surface area contributed by atoms with Gasteiger partial charge in [-0.3, -0.25) is 20.4 Å². The zero-order chi connectivity index (χ0) is 30.8. The molecule has 6 rings (SSSR count). The molecule has 0 unspecified atom stereocenters. The monoisotopic (exact) mass is 626 g/mol. The number of nitrogens with two attached hydrogens (primary N) is 2. The highest BCUT2D eigenvalue weighted by atomic mass is 35.5. The first-order valence-corrected chi connectivity index (χ1v) is 14.5. The summed E-state index contributed by atoms with van der Waals surface area (Å²) in [7, 11) is 0. The molecule has 6 aromatic rings. The highest BCUT2D eigenvalue weighted by Gasteiger charge is 2.18. The van der Waals surface area contributed by atoms with Gasteiger partial charge in [0.1, 0.15) is 24.7 Å². The number of rotatable bonds is 9. The molecular weight excluding hydrogens is 599 g/mol. The number of halogens is 2. The number of nitrogens with zero attached hydrogens (tertiary/aromatic N) is 4. The third kappa shape index (κ3) is 6.15. The summed E-state index contributed by atoms with van der Waals surface area (Å²) in [5, 5.41) is 1.26. The van der Waals surface area contributed by atoms with E-state index in [2.05, 4.69) is 10.9 Å². The quantitative estimate of drug-likeness (QED) is 0.105. The van der Waals surface area contributed by atoms with Crippen LogP contribution >= 0.6 is 23.2 Å². The molecule has 2 amide bonds. The molecule has 0 aliphatic rings. The van der Waals surface area contributed by atoms with E-state index in [1.165, 1.54) is 0 Å². The van der Waals surface area contributed by atoms with Crippen molar-refractivity contribution in [2.45, 2.75) is 25.9 Å². The lowest BCUT2D eigenvalue weighted by Gasteiger charge is -2.09. The molecule has 0 spiro atoms. The van der Waals surface area contributed by atoms with Crippen molar-refractivity contribution in [3.8, 4) is 11.1 Å². The molecule has 2 heterocycles. The van der Waals surface area contributed by atoms with E-state index in [4.69, 9.17) is 44.9 Å². The van der Waals surface area contributed by atoms with Crippen molar-refractivity contribution in [2.24, 2.45) is 11.7 Å². The minimum absolute atomic E-state index is 0.0252. The molecule has 0 bridgehead atoms. The van der Waals surface area contributed by atoms with E-state index in [1.807, 2.05) is 94.1 Å². The van der Waals surface area contributed by atoms with E-state index in [1.54, 1.807) is 0 Å². The standard InChI is InChI=1S/C32H28Cl2N8O2/c33-23-5-1-3-19(11-23)13-29-37-25-15-21(7-9-27(25)41(29)17-31(43)39-35)22-8-10-28-26(16-22)38-30(42(28)18-32(44)40-36)14-20-4-2-6-24(34)12-20/h1-12,15-16H,13-14,17-18,35-36H2,(H,39,43)(H,40,44). The largest absolute Gasteiger partial charge is 0.318 e. The number of fused-ring (bicyclic) bond motifs is 2. The zero-order valence-corrected chi connectivity index (χ0v) is 24.9. The fourth-order valence-electron chi connectivity index (χ4n) is 5.38. The van der Waals surface area contributed by atoms with Crippen LogP contribution in [0.2, 0.25) is 10.0 Å². The predicted octanol–water partition coefficient (Wildman–Crippen LogP) is 4.52. The minimum atomic E-state index is -0.335. The average molecular weight is 628 g/mol. The number of carbonyl (C=O) groups is 2. The summed E-state index contributed by atoms with van der Waals surface area (Å²) >= 11 is 12.4. The van der Waals surface area contributed by atoms with Crippen molar-refractivity contribution >= 4 is 57.1 Å². The number of hydrogen-bond donors (Lipinski definition) is 4. The van der Waals surface area contributed by atoms with E-state index in [-0.39, 0.29) is 24.9 Å². The Hall–Kier alpha value is -4.74. The molecule has 0 saturated heterocycles. The second-order valence-electron chi connectivity index (χ2n) is 10.4. The van der Waals surface area contributed by atoms with Gasteiger partial charge in [0.15, 0.2) is 0 Å². The second-order valence-corrected chi connectivity index (χ2v) is 11.3. The van der Waals surface area contributed by atoms with Crippen LogP contribution in [0.1, 0.15) is 22.8 Å². The number of aromatic nitrogens is 4. The molecule has 6 N–H and O–H groups in total.